The third-order valence-electron chi connectivity index (χ3n) is 3.81. The van der Waals surface area contributed by atoms with Crippen LogP contribution in [0.1, 0.15) is 31.4 Å². The molecule has 1 fully saturated rings. The van der Waals surface area contributed by atoms with E-state index in [0.717, 1.165) is 24.3 Å². The van der Waals surface area contributed by atoms with Crippen molar-refractivity contribution in [2.45, 2.75) is 31.8 Å². The fourth-order valence-electron chi connectivity index (χ4n) is 2.64. The molecule has 1 aromatic carbocycles. The van der Waals surface area contributed by atoms with Gasteiger partial charge in [-0.05, 0) is 49.9 Å². The topological polar surface area (TPSA) is 80.1 Å². The molecular weight excluding hydrogens is 292 g/mol. The Kier molecular flexibility index (Phi) is 4.57. The van der Waals surface area contributed by atoms with Crippen LogP contribution in [-0.2, 0) is 0 Å². The summed E-state index contributed by atoms with van der Waals surface area (Å²) in [7, 11) is 1.63. The first kappa shape index (κ1) is 15.1. The number of nitrogens with zero attached hydrogens (tertiary/aromatic N) is 3. The lowest BCUT2D eigenvalue weighted by atomic mass is 10.2. The molecule has 1 aromatic heterocycles. The first-order chi connectivity index (χ1) is 11.3. The van der Waals surface area contributed by atoms with Crippen molar-refractivity contribution in [2.75, 3.05) is 12.4 Å². The van der Waals surface area contributed by atoms with Crippen molar-refractivity contribution in [3.63, 3.8) is 0 Å². The van der Waals surface area contributed by atoms with Crippen LogP contribution in [0.3, 0.4) is 0 Å². The number of nitrogens with one attached hydrogen (secondary N) is 1. The second kappa shape index (κ2) is 6.97. The maximum Gasteiger partial charge on any atom is 0.163 e. The fraction of sp³-hybridized carbons (Fsp3) is 0.353. The molecule has 0 bridgehead atoms. The first-order valence-electron chi connectivity index (χ1n) is 7.64. The van der Waals surface area contributed by atoms with Crippen LogP contribution in [0.2, 0.25) is 0 Å². The number of hydrogen-bond donors (Lipinski definition) is 1. The quantitative estimate of drug-likeness (QED) is 0.911. The lowest BCUT2D eigenvalue weighted by molar-refractivity contribution is 0.201. The molecule has 0 saturated heterocycles. The number of benzene rings is 1. The zero-order valence-corrected chi connectivity index (χ0v) is 13.0. The van der Waals surface area contributed by atoms with E-state index in [0.29, 0.717) is 11.6 Å². The van der Waals surface area contributed by atoms with E-state index >= 15 is 0 Å². The van der Waals surface area contributed by atoms with Gasteiger partial charge in [0.15, 0.2) is 23.0 Å². The maximum absolute atomic E-state index is 8.74. The highest BCUT2D eigenvalue weighted by Gasteiger charge is 2.18. The number of nitriles is 1. The second-order valence-corrected chi connectivity index (χ2v) is 5.43. The van der Waals surface area contributed by atoms with Crippen molar-refractivity contribution >= 4 is 11.5 Å². The monoisotopic (exact) mass is 310 g/mol. The molecule has 118 valence electrons. The second-order valence-electron chi connectivity index (χ2n) is 5.43. The largest absolute Gasteiger partial charge is 0.493 e. The third kappa shape index (κ3) is 3.69. The van der Waals surface area contributed by atoms with Gasteiger partial charge in [0, 0.05) is 11.8 Å². The molecule has 23 heavy (non-hydrogen) atoms. The Morgan fingerprint density at radius 3 is 2.61 bits per heavy atom. The van der Waals surface area contributed by atoms with Crippen molar-refractivity contribution < 1.29 is 9.47 Å². The van der Waals surface area contributed by atoms with Gasteiger partial charge in [0.1, 0.15) is 6.07 Å². The van der Waals surface area contributed by atoms with Crippen molar-refractivity contribution in [3.05, 3.63) is 36.0 Å². The average molecular weight is 310 g/mol. The SMILES string of the molecule is COc1ccc(Nc2ccc(C#N)nn2)cc1OC1CCCC1. The van der Waals surface area contributed by atoms with E-state index in [4.69, 9.17) is 14.7 Å². The number of anilines is 2. The van der Waals surface area contributed by atoms with E-state index < -0.39 is 0 Å². The lowest BCUT2D eigenvalue weighted by Gasteiger charge is -2.17. The minimum absolute atomic E-state index is 0.258. The van der Waals surface area contributed by atoms with Gasteiger partial charge in [0.25, 0.3) is 0 Å². The summed E-state index contributed by atoms with van der Waals surface area (Å²) in [5, 5.41) is 19.7. The van der Waals surface area contributed by atoms with Crippen molar-refractivity contribution in [3.8, 4) is 17.6 Å². The van der Waals surface area contributed by atoms with Crippen molar-refractivity contribution in [1.82, 2.24) is 10.2 Å². The number of ether oxygens (including phenoxy) is 2. The summed E-state index contributed by atoms with van der Waals surface area (Å²) in [5.74, 6) is 2.01. The van der Waals surface area contributed by atoms with Gasteiger partial charge in [-0.1, -0.05) is 0 Å². The van der Waals surface area contributed by atoms with Gasteiger partial charge in [-0.3, -0.25) is 0 Å². The van der Waals surface area contributed by atoms with Crippen LogP contribution < -0.4 is 14.8 Å². The van der Waals surface area contributed by atoms with E-state index in [2.05, 4.69) is 15.5 Å². The van der Waals surface area contributed by atoms with E-state index in [1.54, 1.807) is 19.2 Å². The van der Waals surface area contributed by atoms with Crippen LogP contribution in [0.15, 0.2) is 30.3 Å². The van der Waals surface area contributed by atoms with Crippen molar-refractivity contribution in [2.24, 2.45) is 0 Å². The Labute approximate surface area is 135 Å². The molecule has 1 heterocycles. The van der Waals surface area contributed by atoms with Gasteiger partial charge < -0.3 is 14.8 Å². The van der Waals surface area contributed by atoms with Gasteiger partial charge in [-0.2, -0.15) is 5.26 Å². The first-order valence-corrected chi connectivity index (χ1v) is 7.64. The fourth-order valence-corrected chi connectivity index (χ4v) is 2.64. The molecule has 0 unspecified atom stereocenters. The van der Waals surface area contributed by atoms with Gasteiger partial charge in [-0.25, -0.2) is 0 Å². The van der Waals surface area contributed by atoms with Crippen LogP contribution in [0.4, 0.5) is 11.5 Å². The summed E-state index contributed by atoms with van der Waals surface area (Å²) >= 11 is 0. The van der Waals surface area contributed by atoms with E-state index in [1.165, 1.54) is 12.8 Å². The standard InChI is InChI=1S/C17H18N4O2/c1-22-15-8-6-12(10-16(15)23-14-4-2-3-5-14)19-17-9-7-13(11-18)20-21-17/h6-10,14H,2-5H2,1H3,(H,19,21). The minimum Gasteiger partial charge on any atom is -0.493 e. The molecule has 0 radical (unpaired) electrons. The number of aromatic nitrogens is 2. The van der Waals surface area contributed by atoms with Crippen LogP contribution in [-0.4, -0.2) is 23.4 Å². The van der Waals surface area contributed by atoms with Gasteiger partial charge >= 0.3 is 0 Å². The van der Waals surface area contributed by atoms with Crippen LogP contribution >= 0.6 is 0 Å². The summed E-state index contributed by atoms with van der Waals surface area (Å²) in [6, 6.07) is 10.9. The van der Waals surface area contributed by atoms with Gasteiger partial charge in [0.05, 0.1) is 13.2 Å². The molecule has 1 aliphatic carbocycles. The molecule has 0 atom stereocenters. The molecule has 1 aliphatic rings. The van der Waals surface area contributed by atoms with Gasteiger partial charge in [0.2, 0.25) is 0 Å². The molecular formula is C17H18N4O2. The molecule has 6 heteroatoms. The highest BCUT2D eigenvalue weighted by molar-refractivity contribution is 5.61. The highest BCUT2D eigenvalue weighted by Crippen LogP contribution is 2.34. The molecule has 3 rings (SSSR count). The summed E-state index contributed by atoms with van der Waals surface area (Å²) in [6.07, 6.45) is 4.86. The predicted molar refractivity (Wildman–Crippen MR) is 85.9 cm³/mol. The highest BCUT2D eigenvalue weighted by atomic mass is 16.5. The minimum atomic E-state index is 0.258. The Morgan fingerprint density at radius 1 is 1.13 bits per heavy atom. The molecule has 0 amide bonds. The average Bonchev–Trinajstić information content (AvgIpc) is 3.09. The Balaban J connectivity index is 1.77. The predicted octanol–water partition coefficient (Wildman–Crippen LogP) is 3.42. The van der Waals surface area contributed by atoms with Crippen LogP contribution in [0.25, 0.3) is 0 Å². The Hall–Kier alpha value is -2.81. The zero-order valence-electron chi connectivity index (χ0n) is 13.0. The van der Waals surface area contributed by atoms with E-state index in [9.17, 15) is 0 Å². The summed E-state index contributed by atoms with van der Waals surface area (Å²) < 4.78 is 11.4. The molecule has 1 N–H and O–H groups in total. The summed E-state index contributed by atoms with van der Waals surface area (Å²) in [6.45, 7) is 0. The van der Waals surface area contributed by atoms with E-state index in [1.807, 2.05) is 24.3 Å². The molecule has 2 aromatic rings. The molecule has 1 saturated carbocycles. The Morgan fingerprint density at radius 2 is 1.96 bits per heavy atom. The smallest absolute Gasteiger partial charge is 0.163 e. The van der Waals surface area contributed by atoms with Crippen LogP contribution in [0, 0.1) is 11.3 Å². The van der Waals surface area contributed by atoms with Crippen molar-refractivity contribution in [1.29, 1.82) is 5.26 Å². The lowest BCUT2D eigenvalue weighted by Crippen LogP contribution is -2.11. The zero-order chi connectivity index (χ0) is 16.1. The van der Waals surface area contributed by atoms with Crippen LogP contribution in [0.5, 0.6) is 11.5 Å². The summed E-state index contributed by atoms with van der Waals surface area (Å²) in [4.78, 5) is 0. The van der Waals surface area contributed by atoms with Gasteiger partial charge in [-0.15, -0.1) is 10.2 Å². The number of hydrogen-bond acceptors (Lipinski definition) is 6. The van der Waals surface area contributed by atoms with E-state index in [-0.39, 0.29) is 11.8 Å². The molecule has 0 aliphatic heterocycles. The normalized spacial score (nSPS) is 14.3. The number of methoxy groups -OCH3 is 1. The Bertz CT molecular complexity index is 704. The number of rotatable bonds is 5. The summed E-state index contributed by atoms with van der Waals surface area (Å²) in [5.41, 5.74) is 1.12. The maximum atomic E-state index is 8.74. The molecule has 0 spiro atoms. The third-order valence-corrected chi connectivity index (χ3v) is 3.81. The molecule has 6 nitrogen and oxygen atoms in total.